The van der Waals surface area contributed by atoms with E-state index in [1.807, 2.05) is 0 Å². The molecule has 0 bridgehead atoms. The monoisotopic (exact) mass is 283 g/mol. The molecular weight excluding hydrogens is 262 g/mol. The fourth-order valence-electron chi connectivity index (χ4n) is 1.77. The van der Waals surface area contributed by atoms with Gasteiger partial charge in [-0.25, -0.2) is 0 Å². The van der Waals surface area contributed by atoms with Gasteiger partial charge in [-0.3, -0.25) is 14.5 Å². The number of nitrogens with zero attached hydrogens (tertiary/aromatic N) is 1. The third kappa shape index (κ3) is 4.42. The summed E-state index contributed by atoms with van der Waals surface area (Å²) in [4.78, 5) is 24.4. The van der Waals surface area contributed by atoms with Crippen LogP contribution in [0, 0.1) is 0 Å². The van der Waals surface area contributed by atoms with Crippen molar-refractivity contribution in [1.82, 2.24) is 4.90 Å². The summed E-state index contributed by atoms with van der Waals surface area (Å²) in [5, 5.41) is -0.155. The highest BCUT2D eigenvalue weighted by atomic mass is 32.2. The number of rotatable bonds is 2. The standard InChI is InChI=1S/C14H21NO3S/c1-9-7-8-15(10(2)16)13(18-11(3)17)12(9)19-14(4,5)6/h7-8,12-13H,1H2,2-6H3/t12-,13+/m0/s1. The van der Waals surface area contributed by atoms with E-state index in [1.54, 1.807) is 24.0 Å². The van der Waals surface area contributed by atoms with Crippen LogP contribution in [-0.2, 0) is 14.3 Å². The molecule has 0 N–H and O–H groups in total. The Morgan fingerprint density at radius 3 is 2.37 bits per heavy atom. The zero-order valence-corrected chi connectivity index (χ0v) is 12.9. The Kier molecular flexibility index (Phi) is 4.85. The summed E-state index contributed by atoms with van der Waals surface area (Å²) in [7, 11) is 0. The van der Waals surface area contributed by atoms with Crippen LogP contribution in [0.2, 0.25) is 0 Å². The molecular formula is C14H21NO3S. The number of ether oxygens (including phenoxy) is 1. The molecule has 1 aliphatic rings. The number of amides is 1. The van der Waals surface area contributed by atoms with E-state index in [2.05, 4.69) is 27.4 Å². The van der Waals surface area contributed by atoms with Crippen LogP contribution in [-0.4, -0.2) is 33.0 Å². The Morgan fingerprint density at radius 1 is 1.37 bits per heavy atom. The molecule has 0 aliphatic carbocycles. The fraction of sp³-hybridized carbons (Fsp3) is 0.571. The summed E-state index contributed by atoms with van der Waals surface area (Å²) in [6.45, 7) is 13.0. The topological polar surface area (TPSA) is 46.6 Å². The zero-order chi connectivity index (χ0) is 14.8. The highest BCUT2D eigenvalue weighted by Gasteiger charge is 2.37. The molecule has 0 aromatic rings. The Morgan fingerprint density at radius 2 is 1.95 bits per heavy atom. The predicted octanol–water partition coefficient (Wildman–Crippen LogP) is 2.71. The molecule has 1 aliphatic heterocycles. The molecule has 106 valence electrons. The van der Waals surface area contributed by atoms with Crippen molar-refractivity contribution in [2.24, 2.45) is 0 Å². The minimum absolute atomic E-state index is 0.0281. The Balaban J connectivity index is 3.07. The first-order chi connectivity index (χ1) is 8.61. The van der Waals surface area contributed by atoms with Gasteiger partial charge in [0.05, 0.1) is 5.25 Å². The Labute approximate surface area is 118 Å². The van der Waals surface area contributed by atoms with Crippen molar-refractivity contribution in [2.45, 2.75) is 50.8 Å². The molecule has 0 saturated heterocycles. The van der Waals surface area contributed by atoms with Crippen LogP contribution in [0.5, 0.6) is 0 Å². The Bertz CT molecular complexity index is 423. The molecule has 1 heterocycles. The fourth-order valence-corrected chi connectivity index (χ4v) is 3.07. The van der Waals surface area contributed by atoms with Crippen LogP contribution in [0.3, 0.4) is 0 Å². The molecule has 1 amide bonds. The largest absolute Gasteiger partial charge is 0.440 e. The number of hydrogen-bond acceptors (Lipinski definition) is 4. The summed E-state index contributed by atoms with van der Waals surface area (Å²) in [6, 6.07) is 0. The third-order valence-electron chi connectivity index (χ3n) is 2.48. The number of hydrogen-bond donors (Lipinski definition) is 0. The van der Waals surface area contributed by atoms with Crippen LogP contribution in [0.1, 0.15) is 34.6 Å². The molecule has 5 heteroatoms. The summed E-state index contributed by atoms with van der Waals surface area (Å²) < 4.78 is 5.30. The van der Waals surface area contributed by atoms with Gasteiger partial charge in [-0.05, 0) is 11.6 Å². The molecule has 0 aromatic heterocycles. The third-order valence-corrected chi connectivity index (χ3v) is 3.98. The second-order valence-corrected chi connectivity index (χ2v) is 7.44. The number of carbonyl (C=O) groups is 2. The lowest BCUT2D eigenvalue weighted by atomic mass is 10.1. The average molecular weight is 283 g/mol. The quantitative estimate of drug-likeness (QED) is 0.731. The minimum atomic E-state index is -0.628. The normalized spacial score (nSPS) is 23.4. The van der Waals surface area contributed by atoms with Crippen molar-refractivity contribution in [1.29, 1.82) is 0 Å². The van der Waals surface area contributed by atoms with Crippen LogP contribution in [0.15, 0.2) is 24.4 Å². The minimum Gasteiger partial charge on any atom is -0.440 e. The van der Waals surface area contributed by atoms with E-state index in [0.717, 1.165) is 5.57 Å². The van der Waals surface area contributed by atoms with Crippen LogP contribution < -0.4 is 0 Å². The molecule has 2 atom stereocenters. The maximum atomic E-state index is 11.7. The molecule has 0 unspecified atom stereocenters. The van der Waals surface area contributed by atoms with Crippen LogP contribution >= 0.6 is 11.8 Å². The van der Waals surface area contributed by atoms with Gasteiger partial charge in [-0.2, -0.15) is 0 Å². The van der Waals surface area contributed by atoms with Crippen molar-refractivity contribution in [3.63, 3.8) is 0 Å². The molecule has 1 rings (SSSR count). The SMILES string of the molecule is C=C1C=CN(C(C)=O)[C@H](OC(C)=O)[C@H]1SC(C)(C)C. The van der Waals surface area contributed by atoms with Gasteiger partial charge in [-0.15, -0.1) is 11.8 Å². The van der Waals surface area contributed by atoms with Gasteiger partial charge in [0, 0.05) is 24.8 Å². The van der Waals surface area contributed by atoms with Crippen molar-refractivity contribution in [3.8, 4) is 0 Å². The summed E-state index contributed by atoms with van der Waals surface area (Å²) in [5.74, 6) is -0.562. The lowest BCUT2D eigenvalue weighted by Gasteiger charge is -2.39. The first kappa shape index (κ1) is 15.8. The van der Waals surface area contributed by atoms with E-state index < -0.39 is 12.2 Å². The van der Waals surface area contributed by atoms with Gasteiger partial charge in [0.15, 0.2) is 6.23 Å². The smallest absolute Gasteiger partial charge is 0.304 e. The first-order valence-corrected chi connectivity index (χ1v) is 7.01. The lowest BCUT2D eigenvalue weighted by Crippen LogP contribution is -2.48. The zero-order valence-electron chi connectivity index (χ0n) is 12.1. The van der Waals surface area contributed by atoms with Gasteiger partial charge in [-0.1, -0.05) is 27.4 Å². The number of allylic oxidation sites excluding steroid dienone is 1. The average Bonchev–Trinajstić information content (AvgIpc) is 2.20. The summed E-state index contributed by atoms with van der Waals surface area (Å²) in [5.41, 5.74) is 0.851. The summed E-state index contributed by atoms with van der Waals surface area (Å²) in [6.07, 6.45) is 2.79. The molecule has 0 saturated carbocycles. The van der Waals surface area contributed by atoms with Crippen molar-refractivity contribution in [3.05, 3.63) is 24.4 Å². The highest BCUT2D eigenvalue weighted by molar-refractivity contribution is 8.01. The second kappa shape index (κ2) is 5.82. The molecule has 0 aromatic carbocycles. The molecule has 0 radical (unpaired) electrons. The summed E-state index contributed by atoms with van der Waals surface area (Å²) >= 11 is 1.64. The van der Waals surface area contributed by atoms with Gasteiger partial charge < -0.3 is 4.74 Å². The molecule has 0 spiro atoms. The molecule has 0 fully saturated rings. The van der Waals surface area contributed by atoms with E-state index >= 15 is 0 Å². The maximum Gasteiger partial charge on any atom is 0.304 e. The van der Waals surface area contributed by atoms with E-state index in [1.165, 1.54) is 18.7 Å². The van der Waals surface area contributed by atoms with Crippen LogP contribution in [0.4, 0.5) is 0 Å². The van der Waals surface area contributed by atoms with Gasteiger partial charge in [0.25, 0.3) is 0 Å². The Hall–Kier alpha value is -1.23. The lowest BCUT2D eigenvalue weighted by molar-refractivity contribution is -0.158. The second-order valence-electron chi connectivity index (χ2n) is 5.47. The van der Waals surface area contributed by atoms with E-state index in [4.69, 9.17) is 4.74 Å². The van der Waals surface area contributed by atoms with Crippen LogP contribution in [0.25, 0.3) is 0 Å². The van der Waals surface area contributed by atoms with Crippen molar-refractivity contribution < 1.29 is 14.3 Å². The van der Waals surface area contributed by atoms with Gasteiger partial charge >= 0.3 is 5.97 Å². The van der Waals surface area contributed by atoms with E-state index in [-0.39, 0.29) is 15.9 Å². The molecule has 19 heavy (non-hydrogen) atoms. The predicted molar refractivity (Wildman–Crippen MR) is 77.5 cm³/mol. The number of esters is 1. The van der Waals surface area contributed by atoms with E-state index in [9.17, 15) is 9.59 Å². The molecule has 4 nitrogen and oxygen atoms in total. The number of thioether (sulfide) groups is 1. The first-order valence-electron chi connectivity index (χ1n) is 6.13. The highest BCUT2D eigenvalue weighted by Crippen LogP contribution is 2.38. The maximum absolute atomic E-state index is 11.7. The van der Waals surface area contributed by atoms with E-state index in [0.29, 0.717) is 0 Å². The van der Waals surface area contributed by atoms with Gasteiger partial charge in [0.1, 0.15) is 0 Å². The van der Waals surface area contributed by atoms with Crippen molar-refractivity contribution >= 4 is 23.6 Å². The van der Waals surface area contributed by atoms with Crippen molar-refractivity contribution in [2.75, 3.05) is 0 Å². The number of carbonyl (C=O) groups excluding carboxylic acids is 2. The van der Waals surface area contributed by atoms with Gasteiger partial charge in [0.2, 0.25) is 5.91 Å².